The van der Waals surface area contributed by atoms with E-state index in [1.54, 1.807) is 0 Å². The molecule has 46 heavy (non-hydrogen) atoms. The largest absolute Gasteiger partial charge is 0.0654 e. The lowest BCUT2D eigenvalue weighted by Crippen LogP contribution is -2.01. The van der Waals surface area contributed by atoms with E-state index in [-0.39, 0.29) is 0 Å². The quantitative estimate of drug-likeness (QED) is 0.0579. The van der Waals surface area contributed by atoms with Crippen LogP contribution in [0.3, 0.4) is 0 Å². The van der Waals surface area contributed by atoms with Crippen LogP contribution in [0.5, 0.6) is 0 Å². The van der Waals surface area contributed by atoms with Gasteiger partial charge in [0.1, 0.15) is 0 Å². The predicted octanol–water partition coefficient (Wildman–Crippen LogP) is 17.9. The second-order valence-electron chi connectivity index (χ2n) is 15.8. The van der Waals surface area contributed by atoms with Crippen molar-refractivity contribution in [3.05, 3.63) is 6.92 Å². The first kappa shape index (κ1) is 46.0. The minimum atomic E-state index is 0.994. The van der Waals surface area contributed by atoms with Gasteiger partial charge in [-0.15, -0.1) is 0 Å². The summed E-state index contributed by atoms with van der Waals surface area (Å²) >= 11 is 0. The van der Waals surface area contributed by atoms with Gasteiger partial charge in [0.05, 0.1) is 0 Å². The molecule has 0 bridgehead atoms. The highest BCUT2D eigenvalue weighted by molar-refractivity contribution is 4.62. The fourth-order valence-electron chi connectivity index (χ4n) is 7.71. The maximum absolute atomic E-state index is 4.13. The standard InChI is InChI=1S/C46H93/c1-4-7-10-12-14-16-18-20-22-24-25-26-28-30-32-34-36-38-40-42-45-46(43-9-6-3)44-41-39-37-35-33-31-29-27-23-21-19-17-15-13-11-8-5-2/h46H,3-45H2,1-2H3. The Balaban J connectivity index is 3.41. The van der Waals surface area contributed by atoms with Crippen LogP contribution in [0.25, 0.3) is 0 Å². The van der Waals surface area contributed by atoms with Gasteiger partial charge in [0.2, 0.25) is 0 Å². The third-order valence-corrected chi connectivity index (χ3v) is 11.0. The summed E-state index contributed by atoms with van der Waals surface area (Å²) in [6.07, 6.45) is 61.6. The van der Waals surface area contributed by atoms with Crippen LogP contribution in [0, 0.1) is 12.8 Å². The molecule has 0 fully saturated rings. The van der Waals surface area contributed by atoms with Gasteiger partial charge < -0.3 is 0 Å². The van der Waals surface area contributed by atoms with Crippen LogP contribution in [-0.4, -0.2) is 0 Å². The highest BCUT2D eigenvalue weighted by Gasteiger charge is 2.08. The molecule has 0 aliphatic carbocycles. The summed E-state index contributed by atoms with van der Waals surface area (Å²) in [5, 5.41) is 0. The van der Waals surface area contributed by atoms with Gasteiger partial charge >= 0.3 is 0 Å². The van der Waals surface area contributed by atoms with Gasteiger partial charge in [-0.3, -0.25) is 0 Å². The molecule has 1 radical (unpaired) electrons. The lowest BCUT2D eigenvalue weighted by atomic mass is 9.90. The van der Waals surface area contributed by atoms with Crippen LogP contribution in [0.4, 0.5) is 0 Å². The third kappa shape index (κ3) is 40.2. The maximum Gasteiger partial charge on any atom is -0.0414 e. The van der Waals surface area contributed by atoms with E-state index >= 15 is 0 Å². The zero-order valence-corrected chi connectivity index (χ0v) is 33.0. The SMILES string of the molecule is [CH2]CCCC(CCCCCCCCCCCCCCCCCCC)CCCCCCCCCCCCCCCCCCCCCC. The van der Waals surface area contributed by atoms with Crippen molar-refractivity contribution in [2.24, 2.45) is 5.92 Å². The second-order valence-corrected chi connectivity index (χ2v) is 15.8. The fourth-order valence-corrected chi connectivity index (χ4v) is 7.71. The third-order valence-electron chi connectivity index (χ3n) is 11.0. The summed E-state index contributed by atoms with van der Waals surface area (Å²) < 4.78 is 0. The summed E-state index contributed by atoms with van der Waals surface area (Å²) in [7, 11) is 0. The van der Waals surface area contributed by atoms with Gasteiger partial charge in [-0.2, -0.15) is 0 Å². The van der Waals surface area contributed by atoms with Crippen molar-refractivity contribution in [2.45, 2.75) is 284 Å². The molecule has 0 heteroatoms. The van der Waals surface area contributed by atoms with Crippen molar-refractivity contribution < 1.29 is 0 Å². The molecule has 1 atom stereocenters. The van der Waals surface area contributed by atoms with E-state index in [4.69, 9.17) is 0 Å². The summed E-state index contributed by atoms with van der Waals surface area (Å²) in [6, 6.07) is 0. The topological polar surface area (TPSA) is 0 Å². The monoisotopic (exact) mass is 646 g/mol. The molecule has 0 spiro atoms. The second kappa shape index (κ2) is 43.0. The molecule has 0 nitrogen and oxygen atoms in total. The molecule has 0 rings (SSSR count). The Hall–Kier alpha value is 0. The molecule has 1 unspecified atom stereocenters. The van der Waals surface area contributed by atoms with Gasteiger partial charge in [0, 0.05) is 0 Å². The zero-order valence-electron chi connectivity index (χ0n) is 33.0. The number of unbranched alkanes of at least 4 members (excludes halogenated alkanes) is 36. The molecule has 0 saturated carbocycles. The highest BCUT2D eigenvalue weighted by Crippen LogP contribution is 2.24. The minimum absolute atomic E-state index is 0.994. The van der Waals surface area contributed by atoms with E-state index < -0.39 is 0 Å². The molecule has 0 N–H and O–H groups in total. The molecule has 0 aromatic carbocycles. The van der Waals surface area contributed by atoms with Crippen molar-refractivity contribution in [1.82, 2.24) is 0 Å². The fraction of sp³-hybridized carbons (Fsp3) is 0.978. The van der Waals surface area contributed by atoms with Gasteiger partial charge in [0.25, 0.3) is 0 Å². The molecule has 277 valence electrons. The van der Waals surface area contributed by atoms with E-state index in [2.05, 4.69) is 20.8 Å². The van der Waals surface area contributed by atoms with Crippen LogP contribution >= 0.6 is 0 Å². The van der Waals surface area contributed by atoms with Crippen LogP contribution < -0.4 is 0 Å². The first-order valence-electron chi connectivity index (χ1n) is 22.6. The Bertz CT molecular complexity index is 494. The smallest absolute Gasteiger partial charge is 0.0414 e. The van der Waals surface area contributed by atoms with Crippen LogP contribution in [-0.2, 0) is 0 Å². The van der Waals surface area contributed by atoms with E-state index in [1.807, 2.05) is 0 Å². The average Bonchev–Trinajstić information content (AvgIpc) is 3.07. The molecule has 0 heterocycles. The lowest BCUT2D eigenvalue weighted by molar-refractivity contribution is 0.372. The minimum Gasteiger partial charge on any atom is -0.0654 e. The molecule has 0 amide bonds. The van der Waals surface area contributed by atoms with Crippen LogP contribution in [0.15, 0.2) is 0 Å². The van der Waals surface area contributed by atoms with E-state index in [1.165, 1.54) is 263 Å². The van der Waals surface area contributed by atoms with Crippen molar-refractivity contribution in [1.29, 1.82) is 0 Å². The maximum atomic E-state index is 4.13. The summed E-state index contributed by atoms with van der Waals surface area (Å²) in [5.41, 5.74) is 0. The van der Waals surface area contributed by atoms with Crippen LogP contribution in [0.1, 0.15) is 284 Å². The summed E-state index contributed by atoms with van der Waals surface area (Å²) in [4.78, 5) is 0. The molecule has 0 aromatic rings. The van der Waals surface area contributed by atoms with Gasteiger partial charge in [-0.05, 0) is 5.92 Å². The van der Waals surface area contributed by atoms with Crippen molar-refractivity contribution in [3.8, 4) is 0 Å². The lowest BCUT2D eigenvalue weighted by Gasteiger charge is -2.16. The Morgan fingerprint density at radius 2 is 0.413 bits per heavy atom. The molecule has 0 saturated heterocycles. The van der Waals surface area contributed by atoms with E-state index in [0.29, 0.717) is 0 Å². The van der Waals surface area contributed by atoms with E-state index in [9.17, 15) is 0 Å². The first-order valence-corrected chi connectivity index (χ1v) is 22.6. The normalized spacial score (nSPS) is 12.3. The summed E-state index contributed by atoms with van der Waals surface area (Å²) in [6.45, 7) is 8.75. The Labute approximate surface area is 295 Å². The van der Waals surface area contributed by atoms with E-state index in [0.717, 1.165) is 12.3 Å². The number of rotatable bonds is 42. The van der Waals surface area contributed by atoms with Gasteiger partial charge in [0.15, 0.2) is 0 Å². The van der Waals surface area contributed by atoms with Crippen molar-refractivity contribution in [2.75, 3.05) is 0 Å². The van der Waals surface area contributed by atoms with Crippen molar-refractivity contribution in [3.63, 3.8) is 0 Å². The van der Waals surface area contributed by atoms with Crippen LogP contribution in [0.2, 0.25) is 0 Å². The first-order chi connectivity index (χ1) is 22.8. The Morgan fingerprint density at radius 3 is 0.609 bits per heavy atom. The number of hydrogen-bond acceptors (Lipinski definition) is 0. The Morgan fingerprint density at radius 1 is 0.239 bits per heavy atom. The average molecular weight is 646 g/mol. The zero-order chi connectivity index (χ0) is 33.3. The van der Waals surface area contributed by atoms with Gasteiger partial charge in [-0.1, -0.05) is 290 Å². The molecular weight excluding hydrogens is 553 g/mol. The van der Waals surface area contributed by atoms with Gasteiger partial charge in [-0.25, -0.2) is 0 Å². The summed E-state index contributed by atoms with van der Waals surface area (Å²) in [5.74, 6) is 0.994. The molecule has 0 aromatic heterocycles. The highest BCUT2D eigenvalue weighted by atomic mass is 14.1. The molecule has 0 aliphatic rings. The van der Waals surface area contributed by atoms with Crippen molar-refractivity contribution >= 4 is 0 Å². The Kier molecular flexibility index (Phi) is 43.0. The number of hydrogen-bond donors (Lipinski definition) is 0. The molecule has 0 aliphatic heterocycles. The molecular formula is C46H93. The predicted molar refractivity (Wildman–Crippen MR) is 214 cm³/mol.